The lowest BCUT2D eigenvalue weighted by Gasteiger charge is -2.08. The van der Waals surface area contributed by atoms with Crippen LogP contribution in [0.25, 0.3) is 0 Å². The van der Waals surface area contributed by atoms with Gasteiger partial charge in [-0.1, -0.05) is 39.0 Å². The molecule has 1 aliphatic rings. The molecule has 0 radical (unpaired) electrons. The van der Waals surface area contributed by atoms with Crippen LogP contribution in [0.3, 0.4) is 0 Å². The molecular formula is C21H24FNO3S. The van der Waals surface area contributed by atoms with Gasteiger partial charge in [-0.2, -0.15) is 0 Å². The fourth-order valence-corrected chi connectivity index (χ4v) is 4.64. The van der Waals surface area contributed by atoms with Crippen LogP contribution in [0, 0.1) is 17.2 Å². The highest BCUT2D eigenvalue weighted by molar-refractivity contribution is 7.89. The Labute approximate surface area is 159 Å². The summed E-state index contributed by atoms with van der Waals surface area (Å²) in [4.78, 5) is 13.0. The van der Waals surface area contributed by atoms with Crippen molar-refractivity contribution in [2.24, 2.45) is 16.5 Å². The predicted octanol–water partition coefficient (Wildman–Crippen LogP) is 3.59. The molecule has 0 bridgehead atoms. The Hall–Kier alpha value is -2.05. The Morgan fingerprint density at radius 3 is 2.30 bits per heavy atom. The third-order valence-corrected chi connectivity index (χ3v) is 6.59. The molecule has 0 aliphatic heterocycles. The maximum absolute atomic E-state index is 13.6. The lowest BCUT2D eigenvalue weighted by Crippen LogP contribution is -2.12. The summed E-state index contributed by atoms with van der Waals surface area (Å²) in [7, 11) is -3.74. The highest BCUT2D eigenvalue weighted by Gasteiger charge is 2.61. The molecule has 1 aliphatic carbocycles. The van der Waals surface area contributed by atoms with E-state index in [0.717, 1.165) is 23.1 Å². The number of ketones is 1. The Bertz CT molecular complexity index is 981. The number of Topliss-reactive ketones (excluding diaryl/α,β-unsaturated/α-hetero) is 1. The predicted molar refractivity (Wildman–Crippen MR) is 102 cm³/mol. The van der Waals surface area contributed by atoms with Crippen molar-refractivity contribution >= 4 is 15.8 Å². The number of hydrogen-bond acceptors (Lipinski definition) is 3. The lowest BCUT2D eigenvalue weighted by molar-refractivity contribution is -0.120. The van der Waals surface area contributed by atoms with Gasteiger partial charge >= 0.3 is 0 Å². The van der Waals surface area contributed by atoms with E-state index in [1.165, 1.54) is 24.3 Å². The molecule has 1 fully saturated rings. The summed E-state index contributed by atoms with van der Waals surface area (Å²) in [6.07, 6.45) is 0.955. The Morgan fingerprint density at radius 2 is 1.74 bits per heavy atom. The largest absolute Gasteiger partial charge is 0.299 e. The average molecular weight is 389 g/mol. The average Bonchev–Trinajstić information content (AvgIpc) is 3.17. The van der Waals surface area contributed by atoms with Crippen molar-refractivity contribution in [3.05, 3.63) is 65.0 Å². The van der Waals surface area contributed by atoms with E-state index in [9.17, 15) is 17.6 Å². The molecule has 4 nitrogen and oxygen atoms in total. The summed E-state index contributed by atoms with van der Waals surface area (Å²) < 4.78 is 36.4. The third-order valence-electron chi connectivity index (χ3n) is 5.66. The van der Waals surface area contributed by atoms with Crippen molar-refractivity contribution in [2.75, 3.05) is 0 Å². The molecule has 2 N–H and O–H groups in total. The monoisotopic (exact) mass is 389 g/mol. The summed E-state index contributed by atoms with van der Waals surface area (Å²) in [6.45, 7) is 6.04. The molecular weight excluding hydrogens is 365 g/mol. The van der Waals surface area contributed by atoms with Crippen LogP contribution in [0.5, 0.6) is 0 Å². The molecule has 1 saturated carbocycles. The fraction of sp³-hybridized carbons (Fsp3) is 0.381. The number of primary sulfonamides is 1. The van der Waals surface area contributed by atoms with Crippen LogP contribution in [0.15, 0.2) is 47.4 Å². The summed E-state index contributed by atoms with van der Waals surface area (Å²) in [5.74, 6) is -0.412. The number of nitrogens with two attached hydrogens (primary N) is 1. The van der Waals surface area contributed by atoms with Gasteiger partial charge in [-0.05, 0) is 58.7 Å². The second-order valence-electron chi connectivity index (χ2n) is 7.80. The molecule has 0 spiro atoms. The van der Waals surface area contributed by atoms with Gasteiger partial charge in [0.1, 0.15) is 11.6 Å². The van der Waals surface area contributed by atoms with Crippen LogP contribution in [-0.2, 0) is 27.7 Å². The van der Waals surface area contributed by atoms with Gasteiger partial charge in [0.05, 0.1) is 4.90 Å². The standard InChI is InChI=1S/C21H24FNO3S/c1-4-13-5-8-16(22)11-15(13)12-18(24)20-19(21(20,2)3)14-6-9-17(10-7-14)27(23,25)26/h5-11,19-20H,4,12H2,1-3H3,(H2,23,25,26)/t19-,20-/m0/s1. The number of hydrogen-bond donors (Lipinski definition) is 1. The van der Waals surface area contributed by atoms with Gasteiger partial charge in [0.15, 0.2) is 0 Å². The molecule has 27 heavy (non-hydrogen) atoms. The number of aryl methyl sites for hydroxylation is 1. The number of sulfonamides is 1. The van der Waals surface area contributed by atoms with Gasteiger partial charge in [-0.3, -0.25) is 4.79 Å². The molecule has 0 amide bonds. The van der Waals surface area contributed by atoms with Gasteiger partial charge < -0.3 is 0 Å². The third kappa shape index (κ3) is 3.82. The molecule has 144 valence electrons. The summed E-state index contributed by atoms with van der Waals surface area (Å²) in [6, 6.07) is 11.0. The van der Waals surface area contributed by atoms with Crippen LogP contribution >= 0.6 is 0 Å². The Balaban J connectivity index is 1.81. The highest BCUT2D eigenvalue weighted by atomic mass is 32.2. The van der Waals surface area contributed by atoms with E-state index < -0.39 is 10.0 Å². The summed E-state index contributed by atoms with van der Waals surface area (Å²) in [5.41, 5.74) is 2.42. The first-order valence-electron chi connectivity index (χ1n) is 8.98. The molecule has 6 heteroatoms. The van der Waals surface area contributed by atoms with Crippen molar-refractivity contribution in [1.29, 1.82) is 0 Å². The maximum Gasteiger partial charge on any atom is 0.238 e. The molecule has 0 saturated heterocycles. The van der Waals surface area contributed by atoms with Crippen molar-refractivity contribution in [2.45, 2.75) is 44.4 Å². The van der Waals surface area contributed by atoms with Crippen LogP contribution in [0.4, 0.5) is 4.39 Å². The minimum Gasteiger partial charge on any atom is -0.299 e. The smallest absolute Gasteiger partial charge is 0.238 e. The van der Waals surface area contributed by atoms with E-state index in [2.05, 4.69) is 0 Å². The van der Waals surface area contributed by atoms with Gasteiger partial charge in [0.2, 0.25) is 10.0 Å². The maximum atomic E-state index is 13.6. The van der Waals surface area contributed by atoms with Crippen molar-refractivity contribution in [1.82, 2.24) is 0 Å². The number of benzene rings is 2. The van der Waals surface area contributed by atoms with Crippen LogP contribution in [0.1, 0.15) is 43.4 Å². The zero-order chi connectivity index (χ0) is 20.0. The SMILES string of the molecule is CCc1ccc(F)cc1CC(=O)[C@H]1[C@H](c2ccc(S(N)(=O)=O)cc2)C1(C)C. The zero-order valence-corrected chi connectivity index (χ0v) is 16.5. The van der Waals surface area contributed by atoms with Crippen molar-refractivity contribution in [3.8, 4) is 0 Å². The van der Waals surface area contributed by atoms with E-state index in [1.54, 1.807) is 18.2 Å². The van der Waals surface area contributed by atoms with Gasteiger partial charge in [-0.15, -0.1) is 0 Å². The molecule has 3 rings (SSSR count). The lowest BCUT2D eigenvalue weighted by atomic mass is 9.96. The van der Waals surface area contributed by atoms with Crippen molar-refractivity contribution in [3.63, 3.8) is 0 Å². The second kappa shape index (κ2) is 6.84. The van der Waals surface area contributed by atoms with Gasteiger partial charge in [0, 0.05) is 12.3 Å². The minimum atomic E-state index is -3.74. The molecule has 2 aromatic rings. The fourth-order valence-electron chi connectivity index (χ4n) is 4.13. The van der Waals surface area contributed by atoms with Crippen LogP contribution < -0.4 is 5.14 Å². The molecule has 2 atom stereocenters. The van der Waals surface area contributed by atoms with Crippen LogP contribution in [0.2, 0.25) is 0 Å². The zero-order valence-electron chi connectivity index (χ0n) is 15.7. The van der Waals surface area contributed by atoms with Crippen LogP contribution in [-0.4, -0.2) is 14.2 Å². The van der Waals surface area contributed by atoms with Crippen molar-refractivity contribution < 1.29 is 17.6 Å². The summed E-state index contributed by atoms with van der Waals surface area (Å²) in [5, 5.41) is 5.14. The van der Waals surface area contributed by atoms with Gasteiger partial charge in [0.25, 0.3) is 0 Å². The summed E-state index contributed by atoms with van der Waals surface area (Å²) >= 11 is 0. The topological polar surface area (TPSA) is 77.2 Å². The quantitative estimate of drug-likeness (QED) is 0.820. The Morgan fingerprint density at radius 1 is 1.11 bits per heavy atom. The minimum absolute atomic E-state index is 0.0122. The van der Waals surface area contributed by atoms with E-state index in [0.29, 0.717) is 0 Å². The molecule has 0 aromatic heterocycles. The normalized spacial score (nSPS) is 21.1. The first-order valence-corrected chi connectivity index (χ1v) is 10.5. The second-order valence-corrected chi connectivity index (χ2v) is 9.36. The van der Waals surface area contributed by atoms with E-state index in [1.807, 2.05) is 20.8 Å². The van der Waals surface area contributed by atoms with E-state index >= 15 is 0 Å². The van der Waals surface area contributed by atoms with E-state index in [4.69, 9.17) is 5.14 Å². The first-order chi connectivity index (χ1) is 12.6. The molecule has 0 unspecified atom stereocenters. The van der Waals surface area contributed by atoms with E-state index in [-0.39, 0.29) is 40.2 Å². The van der Waals surface area contributed by atoms with Gasteiger partial charge in [-0.25, -0.2) is 17.9 Å². The number of carbonyl (C=O) groups is 1. The number of rotatable bonds is 6. The molecule has 2 aromatic carbocycles. The number of carbonyl (C=O) groups excluding carboxylic acids is 1. The molecule has 0 heterocycles. The Kier molecular flexibility index (Phi) is 4.99. The number of halogens is 1. The first kappa shape index (κ1) is 19.7. The highest BCUT2D eigenvalue weighted by Crippen LogP contribution is 2.65.